The lowest BCUT2D eigenvalue weighted by molar-refractivity contribution is -0.128. The molecule has 2 rings (SSSR count). The van der Waals surface area contributed by atoms with Crippen LogP contribution in [0.25, 0.3) is 5.52 Å². The zero-order valence-electron chi connectivity index (χ0n) is 9.46. The summed E-state index contributed by atoms with van der Waals surface area (Å²) in [6.07, 6.45) is -3.54. The van der Waals surface area contributed by atoms with Gasteiger partial charge in [-0.2, -0.15) is 13.2 Å². The Balaban J connectivity index is 2.68. The van der Waals surface area contributed by atoms with Crippen LogP contribution >= 0.6 is 15.9 Å². The first-order chi connectivity index (χ1) is 8.92. The van der Waals surface area contributed by atoms with E-state index in [4.69, 9.17) is 0 Å². The number of rotatable bonds is 1. The molecule has 0 aromatic carbocycles. The highest BCUT2D eigenvalue weighted by atomic mass is 79.9. The molecule has 19 heavy (non-hydrogen) atoms. The second-order valence-corrected chi connectivity index (χ2v) is 4.65. The van der Waals surface area contributed by atoms with Gasteiger partial charge in [0.1, 0.15) is 0 Å². The standard InChI is InChI=1S/C13H7BrF3NO/c14-10-4-1-5-18-11(10)7-9(3-2-6-19)12(18)8-13(15,16)17/h1,4-7H,8H2. The summed E-state index contributed by atoms with van der Waals surface area (Å²) in [5, 5.41) is 0. The summed E-state index contributed by atoms with van der Waals surface area (Å²) in [6.45, 7) is 0. The number of halogens is 4. The third-order valence-corrected chi connectivity index (χ3v) is 3.17. The predicted octanol–water partition coefficient (Wildman–Crippen LogP) is 3.36. The van der Waals surface area contributed by atoms with Crippen LogP contribution in [0.2, 0.25) is 0 Å². The molecule has 2 aromatic rings. The minimum Gasteiger partial charge on any atom is -0.318 e. The fraction of sp³-hybridized carbons (Fsp3) is 0.154. The highest BCUT2D eigenvalue weighted by Crippen LogP contribution is 2.28. The Morgan fingerprint density at radius 1 is 1.42 bits per heavy atom. The topological polar surface area (TPSA) is 21.5 Å². The lowest BCUT2D eigenvalue weighted by atomic mass is 10.2. The zero-order valence-corrected chi connectivity index (χ0v) is 11.0. The summed E-state index contributed by atoms with van der Waals surface area (Å²) in [6, 6.07) is 4.89. The van der Waals surface area contributed by atoms with Crippen molar-refractivity contribution in [2.45, 2.75) is 12.6 Å². The molecule has 0 radical (unpaired) electrons. The molecule has 98 valence electrons. The van der Waals surface area contributed by atoms with E-state index < -0.39 is 12.6 Å². The van der Waals surface area contributed by atoms with E-state index in [1.807, 2.05) is 0 Å². The molecule has 0 amide bonds. The van der Waals surface area contributed by atoms with E-state index in [0.29, 0.717) is 16.3 Å². The number of hydrogen-bond acceptors (Lipinski definition) is 1. The quantitative estimate of drug-likeness (QED) is 0.580. The SMILES string of the molecule is O=CC#Cc1cc2c(Br)cccn2c1CC(F)(F)F. The second kappa shape index (κ2) is 5.10. The molecule has 0 bridgehead atoms. The Morgan fingerprint density at radius 2 is 2.16 bits per heavy atom. The molecule has 0 fully saturated rings. The second-order valence-electron chi connectivity index (χ2n) is 3.80. The van der Waals surface area contributed by atoms with Crippen LogP contribution in [0.3, 0.4) is 0 Å². The maximum absolute atomic E-state index is 12.6. The first kappa shape index (κ1) is 13.7. The molecule has 0 saturated carbocycles. The number of nitrogens with zero attached hydrogens (tertiary/aromatic N) is 1. The predicted molar refractivity (Wildman–Crippen MR) is 67.8 cm³/mol. The van der Waals surface area contributed by atoms with Gasteiger partial charge >= 0.3 is 6.18 Å². The fourth-order valence-electron chi connectivity index (χ4n) is 1.80. The van der Waals surface area contributed by atoms with Crippen molar-refractivity contribution < 1.29 is 18.0 Å². The van der Waals surface area contributed by atoms with Crippen molar-refractivity contribution in [2.75, 3.05) is 0 Å². The smallest absolute Gasteiger partial charge is 0.318 e. The van der Waals surface area contributed by atoms with Crippen molar-refractivity contribution in [3.63, 3.8) is 0 Å². The molecular formula is C13H7BrF3NO. The van der Waals surface area contributed by atoms with Gasteiger partial charge in [-0.1, -0.05) is 5.92 Å². The first-order valence-corrected chi connectivity index (χ1v) is 6.02. The molecule has 0 unspecified atom stereocenters. The van der Waals surface area contributed by atoms with Gasteiger partial charge in [-0.3, -0.25) is 4.79 Å². The van der Waals surface area contributed by atoms with Crippen LogP contribution in [-0.4, -0.2) is 16.9 Å². The molecule has 0 saturated heterocycles. The lowest BCUT2D eigenvalue weighted by Crippen LogP contribution is -2.14. The third kappa shape index (κ3) is 2.99. The van der Waals surface area contributed by atoms with E-state index in [1.165, 1.54) is 16.7 Å². The molecule has 0 spiro atoms. The maximum Gasteiger partial charge on any atom is 0.394 e. The zero-order chi connectivity index (χ0) is 14.0. The number of carbonyl (C=O) groups excluding carboxylic acids is 1. The average molecular weight is 330 g/mol. The number of alkyl halides is 3. The summed E-state index contributed by atoms with van der Waals surface area (Å²) < 4.78 is 39.9. The van der Waals surface area contributed by atoms with Crippen LogP contribution in [0.4, 0.5) is 13.2 Å². The Hall–Kier alpha value is -1.74. The van der Waals surface area contributed by atoms with Crippen molar-refractivity contribution >= 4 is 27.7 Å². The molecular weight excluding hydrogens is 323 g/mol. The number of fused-ring (bicyclic) bond motifs is 1. The van der Waals surface area contributed by atoms with Crippen LogP contribution in [0.1, 0.15) is 11.3 Å². The Kier molecular flexibility index (Phi) is 3.67. The van der Waals surface area contributed by atoms with Crippen LogP contribution in [0.15, 0.2) is 28.9 Å². The third-order valence-electron chi connectivity index (χ3n) is 2.50. The van der Waals surface area contributed by atoms with Gasteiger partial charge in [0.2, 0.25) is 0 Å². The van der Waals surface area contributed by atoms with Gasteiger partial charge < -0.3 is 4.40 Å². The summed E-state index contributed by atoms with van der Waals surface area (Å²) in [4.78, 5) is 10.2. The van der Waals surface area contributed by atoms with Gasteiger partial charge in [0.15, 0.2) is 6.29 Å². The van der Waals surface area contributed by atoms with Crippen LogP contribution in [0, 0.1) is 11.8 Å². The summed E-state index contributed by atoms with van der Waals surface area (Å²) in [5.74, 6) is 4.59. The first-order valence-electron chi connectivity index (χ1n) is 5.23. The van der Waals surface area contributed by atoms with Gasteiger partial charge in [0, 0.05) is 21.9 Å². The minimum atomic E-state index is -4.34. The van der Waals surface area contributed by atoms with Gasteiger partial charge in [-0.05, 0) is 40.0 Å². The highest BCUT2D eigenvalue weighted by molar-refractivity contribution is 9.10. The Morgan fingerprint density at radius 3 is 2.79 bits per heavy atom. The van der Waals surface area contributed by atoms with Gasteiger partial charge in [0.05, 0.1) is 11.9 Å². The summed E-state index contributed by atoms with van der Waals surface area (Å²) >= 11 is 3.27. The molecule has 2 aromatic heterocycles. The molecule has 0 atom stereocenters. The summed E-state index contributed by atoms with van der Waals surface area (Å²) in [7, 11) is 0. The minimum absolute atomic E-state index is 0.0261. The summed E-state index contributed by atoms with van der Waals surface area (Å²) in [5.41, 5.74) is 0.812. The molecule has 0 aliphatic carbocycles. The number of aromatic nitrogens is 1. The van der Waals surface area contributed by atoms with E-state index >= 15 is 0 Å². The van der Waals surface area contributed by atoms with Crippen molar-refractivity contribution in [3.8, 4) is 11.8 Å². The van der Waals surface area contributed by atoms with Gasteiger partial charge in [0.25, 0.3) is 0 Å². The van der Waals surface area contributed by atoms with Crippen LogP contribution in [-0.2, 0) is 11.2 Å². The highest BCUT2D eigenvalue weighted by Gasteiger charge is 2.30. The molecule has 6 heteroatoms. The van der Waals surface area contributed by atoms with E-state index in [0.717, 1.165) is 0 Å². The number of pyridine rings is 1. The largest absolute Gasteiger partial charge is 0.394 e. The number of hydrogen-bond donors (Lipinski definition) is 0. The van der Waals surface area contributed by atoms with Crippen molar-refractivity contribution in [1.82, 2.24) is 4.40 Å². The van der Waals surface area contributed by atoms with Crippen LogP contribution < -0.4 is 0 Å². The lowest BCUT2D eigenvalue weighted by Gasteiger charge is -2.08. The van der Waals surface area contributed by atoms with Crippen molar-refractivity contribution in [1.29, 1.82) is 0 Å². The van der Waals surface area contributed by atoms with E-state index in [9.17, 15) is 18.0 Å². The Bertz CT molecular complexity index is 691. The molecule has 2 heterocycles. The van der Waals surface area contributed by atoms with E-state index in [2.05, 4.69) is 27.8 Å². The van der Waals surface area contributed by atoms with E-state index in [-0.39, 0.29) is 11.3 Å². The van der Waals surface area contributed by atoms with Gasteiger partial charge in [-0.15, -0.1) is 0 Å². The van der Waals surface area contributed by atoms with Gasteiger partial charge in [-0.25, -0.2) is 0 Å². The van der Waals surface area contributed by atoms with Crippen molar-refractivity contribution in [2.24, 2.45) is 0 Å². The Labute approximate surface area is 115 Å². The average Bonchev–Trinajstić information content (AvgIpc) is 2.65. The van der Waals surface area contributed by atoms with Crippen LogP contribution in [0.5, 0.6) is 0 Å². The molecule has 0 aliphatic heterocycles. The monoisotopic (exact) mass is 329 g/mol. The number of aldehydes is 1. The molecule has 0 N–H and O–H groups in total. The molecule has 0 aliphatic rings. The molecule has 2 nitrogen and oxygen atoms in total. The number of carbonyl (C=O) groups is 1. The van der Waals surface area contributed by atoms with Crippen molar-refractivity contribution in [3.05, 3.63) is 40.1 Å². The van der Waals surface area contributed by atoms with E-state index in [1.54, 1.807) is 12.1 Å². The normalized spacial score (nSPS) is 11.2. The maximum atomic E-state index is 12.6. The fourth-order valence-corrected chi connectivity index (χ4v) is 2.26.